The molecule has 0 bridgehead atoms. The van der Waals surface area contributed by atoms with Gasteiger partial charge in [0.15, 0.2) is 0 Å². The first kappa shape index (κ1) is 12.4. The predicted molar refractivity (Wildman–Crippen MR) is 58.7 cm³/mol. The van der Waals surface area contributed by atoms with E-state index in [-0.39, 0.29) is 6.10 Å². The summed E-state index contributed by atoms with van der Waals surface area (Å²) in [4.78, 5) is 0. The van der Waals surface area contributed by atoms with Gasteiger partial charge in [0.05, 0.1) is 6.10 Å². The second-order valence-electron chi connectivity index (χ2n) is 3.33. The zero-order valence-corrected chi connectivity index (χ0v) is 8.87. The summed E-state index contributed by atoms with van der Waals surface area (Å²) in [6.45, 7) is 4.15. The Bertz CT molecular complexity index is 147. The molecule has 0 saturated carbocycles. The summed E-state index contributed by atoms with van der Waals surface area (Å²) in [6, 6.07) is 0. The third-order valence-corrected chi connectivity index (χ3v) is 2.00. The highest BCUT2D eigenvalue weighted by molar-refractivity contribution is 5.00. The molecular formula is C12H22O. The summed E-state index contributed by atoms with van der Waals surface area (Å²) in [5.41, 5.74) is 0. The van der Waals surface area contributed by atoms with Crippen LogP contribution in [0.4, 0.5) is 0 Å². The first-order valence-corrected chi connectivity index (χ1v) is 5.27. The molecule has 76 valence electrons. The van der Waals surface area contributed by atoms with Gasteiger partial charge in [0.2, 0.25) is 0 Å². The predicted octanol–water partition coefficient (Wildman–Crippen LogP) is 3.45. The van der Waals surface area contributed by atoms with Crippen LogP contribution in [0.3, 0.4) is 0 Å². The maximum absolute atomic E-state index is 9.48. The summed E-state index contributed by atoms with van der Waals surface area (Å²) in [5, 5.41) is 9.48. The molecule has 1 heteroatoms. The van der Waals surface area contributed by atoms with Gasteiger partial charge in [0.1, 0.15) is 0 Å². The third kappa shape index (κ3) is 9.35. The first-order valence-electron chi connectivity index (χ1n) is 5.27. The van der Waals surface area contributed by atoms with Crippen LogP contribution < -0.4 is 0 Å². The van der Waals surface area contributed by atoms with Crippen LogP contribution >= 0.6 is 0 Å². The molecule has 1 unspecified atom stereocenters. The van der Waals surface area contributed by atoms with E-state index in [1.165, 1.54) is 6.42 Å². The molecule has 0 amide bonds. The Balaban J connectivity index is 3.30. The van der Waals surface area contributed by atoms with E-state index in [0.29, 0.717) is 0 Å². The Morgan fingerprint density at radius 1 is 1.23 bits per heavy atom. The second kappa shape index (κ2) is 9.53. The first-order chi connectivity index (χ1) is 6.31. The normalized spacial score (nSPS) is 14.4. The highest BCUT2D eigenvalue weighted by atomic mass is 16.3. The van der Waals surface area contributed by atoms with Crippen LogP contribution in [0.2, 0.25) is 0 Å². The van der Waals surface area contributed by atoms with Crippen molar-refractivity contribution in [3.63, 3.8) is 0 Å². The van der Waals surface area contributed by atoms with Crippen LogP contribution in [-0.4, -0.2) is 11.2 Å². The molecule has 0 aromatic rings. The van der Waals surface area contributed by atoms with Crippen LogP contribution in [-0.2, 0) is 0 Å². The molecule has 0 fully saturated rings. The Morgan fingerprint density at radius 2 is 2.00 bits per heavy atom. The van der Waals surface area contributed by atoms with Crippen molar-refractivity contribution in [1.82, 2.24) is 0 Å². The van der Waals surface area contributed by atoms with Gasteiger partial charge >= 0.3 is 0 Å². The Morgan fingerprint density at radius 3 is 2.62 bits per heavy atom. The van der Waals surface area contributed by atoms with Crippen molar-refractivity contribution < 1.29 is 5.11 Å². The summed E-state index contributed by atoms with van der Waals surface area (Å²) in [6.07, 6.45) is 13.2. The maximum Gasteiger partial charge on any atom is 0.0543 e. The highest BCUT2D eigenvalue weighted by Crippen LogP contribution is 2.06. The summed E-state index contributed by atoms with van der Waals surface area (Å²) in [5.74, 6) is 0. The van der Waals surface area contributed by atoms with Crippen LogP contribution in [0, 0.1) is 0 Å². The zero-order valence-electron chi connectivity index (χ0n) is 8.87. The van der Waals surface area contributed by atoms with Gasteiger partial charge in [-0.05, 0) is 26.2 Å². The highest BCUT2D eigenvalue weighted by Gasteiger charge is 2.00. The Labute approximate surface area is 82.2 Å². The molecule has 1 N–H and O–H groups in total. The number of aliphatic hydroxyl groups is 1. The smallest absolute Gasteiger partial charge is 0.0543 e. The average molecular weight is 182 g/mol. The topological polar surface area (TPSA) is 20.2 Å². The van der Waals surface area contributed by atoms with Gasteiger partial charge in [-0.15, -0.1) is 0 Å². The van der Waals surface area contributed by atoms with Crippen molar-refractivity contribution in [2.45, 2.75) is 52.1 Å². The van der Waals surface area contributed by atoms with E-state index in [9.17, 15) is 5.11 Å². The van der Waals surface area contributed by atoms with Crippen molar-refractivity contribution in [3.05, 3.63) is 24.3 Å². The Kier molecular flexibility index (Phi) is 9.12. The lowest BCUT2D eigenvalue weighted by atomic mass is 10.1. The van der Waals surface area contributed by atoms with Crippen LogP contribution in [0.15, 0.2) is 24.3 Å². The SMILES string of the molecule is CC=CC=CCCC(O)CCCC. The van der Waals surface area contributed by atoms with Crippen molar-refractivity contribution in [2.24, 2.45) is 0 Å². The van der Waals surface area contributed by atoms with Crippen molar-refractivity contribution in [1.29, 1.82) is 0 Å². The van der Waals surface area contributed by atoms with E-state index in [1.807, 2.05) is 25.2 Å². The zero-order chi connectivity index (χ0) is 9.94. The van der Waals surface area contributed by atoms with Gasteiger partial charge < -0.3 is 5.11 Å². The molecule has 13 heavy (non-hydrogen) atoms. The molecule has 1 nitrogen and oxygen atoms in total. The molecule has 0 heterocycles. The number of hydrogen-bond donors (Lipinski definition) is 1. The second-order valence-corrected chi connectivity index (χ2v) is 3.33. The van der Waals surface area contributed by atoms with E-state index in [1.54, 1.807) is 0 Å². The average Bonchev–Trinajstić information content (AvgIpc) is 2.14. The number of allylic oxidation sites excluding steroid dienone is 4. The van der Waals surface area contributed by atoms with Gasteiger partial charge in [-0.1, -0.05) is 44.1 Å². The van der Waals surface area contributed by atoms with Gasteiger partial charge in [-0.25, -0.2) is 0 Å². The lowest BCUT2D eigenvalue weighted by Gasteiger charge is -2.06. The number of unbranched alkanes of at least 4 members (excludes halogenated alkanes) is 1. The van der Waals surface area contributed by atoms with E-state index in [4.69, 9.17) is 0 Å². The summed E-state index contributed by atoms with van der Waals surface area (Å²) >= 11 is 0. The standard InChI is InChI=1S/C12H22O/c1-3-5-7-8-9-11-12(13)10-6-4-2/h3,5,7-8,12-13H,4,6,9-11H2,1-2H3. The molecule has 0 spiro atoms. The quantitative estimate of drug-likeness (QED) is 0.598. The number of aliphatic hydroxyl groups excluding tert-OH is 1. The van der Waals surface area contributed by atoms with Crippen LogP contribution in [0.5, 0.6) is 0 Å². The van der Waals surface area contributed by atoms with Crippen LogP contribution in [0.25, 0.3) is 0 Å². The fourth-order valence-electron chi connectivity index (χ4n) is 1.16. The third-order valence-electron chi connectivity index (χ3n) is 2.00. The largest absolute Gasteiger partial charge is 0.393 e. The van der Waals surface area contributed by atoms with Crippen molar-refractivity contribution in [3.8, 4) is 0 Å². The van der Waals surface area contributed by atoms with Gasteiger partial charge in [-0.2, -0.15) is 0 Å². The monoisotopic (exact) mass is 182 g/mol. The maximum atomic E-state index is 9.48. The lowest BCUT2D eigenvalue weighted by molar-refractivity contribution is 0.153. The minimum absolute atomic E-state index is 0.102. The molecule has 0 rings (SSSR count). The van der Waals surface area contributed by atoms with Crippen molar-refractivity contribution in [2.75, 3.05) is 0 Å². The molecule has 0 aliphatic carbocycles. The molecule has 0 aromatic heterocycles. The van der Waals surface area contributed by atoms with E-state index < -0.39 is 0 Å². The van der Waals surface area contributed by atoms with Gasteiger partial charge in [0, 0.05) is 0 Å². The van der Waals surface area contributed by atoms with Crippen molar-refractivity contribution >= 4 is 0 Å². The van der Waals surface area contributed by atoms with E-state index in [0.717, 1.165) is 25.7 Å². The molecule has 0 saturated heterocycles. The molecule has 0 aliphatic heterocycles. The van der Waals surface area contributed by atoms with Gasteiger partial charge in [-0.3, -0.25) is 0 Å². The Hall–Kier alpha value is -0.560. The molecule has 0 aliphatic rings. The molecule has 1 atom stereocenters. The summed E-state index contributed by atoms with van der Waals surface area (Å²) < 4.78 is 0. The van der Waals surface area contributed by atoms with Gasteiger partial charge in [0.25, 0.3) is 0 Å². The van der Waals surface area contributed by atoms with E-state index in [2.05, 4.69) is 13.0 Å². The fraction of sp³-hybridized carbons (Fsp3) is 0.667. The number of rotatable bonds is 7. The lowest BCUT2D eigenvalue weighted by Crippen LogP contribution is -2.04. The molecule has 0 aromatic carbocycles. The van der Waals surface area contributed by atoms with Crippen LogP contribution in [0.1, 0.15) is 46.0 Å². The molecule has 0 radical (unpaired) electrons. The van der Waals surface area contributed by atoms with E-state index >= 15 is 0 Å². The minimum atomic E-state index is -0.102. The minimum Gasteiger partial charge on any atom is -0.393 e. The number of hydrogen-bond acceptors (Lipinski definition) is 1. The summed E-state index contributed by atoms with van der Waals surface area (Å²) in [7, 11) is 0. The fourth-order valence-corrected chi connectivity index (χ4v) is 1.16. The molecular weight excluding hydrogens is 160 g/mol.